The second kappa shape index (κ2) is 6.02. The van der Waals surface area contributed by atoms with E-state index in [9.17, 15) is 0 Å². The normalized spacial score (nSPS) is 22.4. The average Bonchev–Trinajstić information content (AvgIpc) is 3.01. The first-order valence-electron chi connectivity index (χ1n) is 8.73. The van der Waals surface area contributed by atoms with Crippen molar-refractivity contribution in [3.05, 3.63) is 66.1 Å². The molecule has 24 heavy (non-hydrogen) atoms. The highest BCUT2D eigenvalue weighted by molar-refractivity contribution is 5.37. The Kier molecular flexibility index (Phi) is 3.85. The van der Waals surface area contributed by atoms with Crippen molar-refractivity contribution >= 4 is 5.65 Å². The molecule has 124 valence electrons. The van der Waals surface area contributed by atoms with Crippen LogP contribution in [-0.4, -0.2) is 27.2 Å². The van der Waals surface area contributed by atoms with Gasteiger partial charge in [0.2, 0.25) is 0 Å². The summed E-state index contributed by atoms with van der Waals surface area (Å²) in [6, 6.07) is 17.4. The minimum Gasteiger partial charge on any atom is -0.313 e. The summed E-state index contributed by atoms with van der Waals surface area (Å²) in [5.74, 6) is 1.67. The van der Waals surface area contributed by atoms with Crippen molar-refractivity contribution < 1.29 is 0 Å². The standard InChI is InChI=1S/C20H24N4/c1-20(2)16(15-8-4-3-5-9-15)14-17(20)21-12-11-19-23-22-18-10-6-7-13-24(18)19/h3-10,13,16-17,21H,11-12,14H2,1-2H3. The van der Waals surface area contributed by atoms with E-state index in [0.717, 1.165) is 24.4 Å². The molecule has 1 fully saturated rings. The Morgan fingerprint density at radius 1 is 1.08 bits per heavy atom. The van der Waals surface area contributed by atoms with Gasteiger partial charge in [-0.25, -0.2) is 0 Å². The highest BCUT2D eigenvalue weighted by atomic mass is 15.2. The average molecular weight is 320 g/mol. The molecule has 1 aromatic carbocycles. The molecule has 1 N–H and O–H groups in total. The first-order chi connectivity index (χ1) is 11.7. The number of hydrogen-bond donors (Lipinski definition) is 1. The topological polar surface area (TPSA) is 42.2 Å². The summed E-state index contributed by atoms with van der Waals surface area (Å²) in [6.07, 6.45) is 4.13. The summed E-state index contributed by atoms with van der Waals surface area (Å²) in [7, 11) is 0. The highest BCUT2D eigenvalue weighted by Gasteiger charge is 2.48. The van der Waals surface area contributed by atoms with Crippen LogP contribution in [0, 0.1) is 5.41 Å². The number of pyridine rings is 1. The van der Waals surface area contributed by atoms with E-state index in [4.69, 9.17) is 0 Å². The van der Waals surface area contributed by atoms with Crippen molar-refractivity contribution in [1.82, 2.24) is 19.9 Å². The van der Waals surface area contributed by atoms with Gasteiger partial charge in [-0.3, -0.25) is 4.40 Å². The van der Waals surface area contributed by atoms with Crippen LogP contribution in [0.2, 0.25) is 0 Å². The third-order valence-electron chi connectivity index (χ3n) is 5.59. The van der Waals surface area contributed by atoms with Crippen LogP contribution in [0.3, 0.4) is 0 Å². The maximum atomic E-state index is 4.31. The summed E-state index contributed by atoms with van der Waals surface area (Å²) in [4.78, 5) is 0. The number of fused-ring (bicyclic) bond motifs is 1. The first-order valence-corrected chi connectivity index (χ1v) is 8.73. The molecule has 4 rings (SSSR count). The van der Waals surface area contributed by atoms with E-state index < -0.39 is 0 Å². The summed E-state index contributed by atoms with van der Waals surface area (Å²) < 4.78 is 2.07. The van der Waals surface area contributed by atoms with Crippen LogP contribution in [0.5, 0.6) is 0 Å². The van der Waals surface area contributed by atoms with E-state index >= 15 is 0 Å². The molecule has 2 heterocycles. The predicted molar refractivity (Wildman–Crippen MR) is 96.1 cm³/mol. The maximum absolute atomic E-state index is 4.31. The van der Waals surface area contributed by atoms with Crippen LogP contribution in [0.1, 0.15) is 37.6 Å². The van der Waals surface area contributed by atoms with E-state index in [1.54, 1.807) is 0 Å². The number of hydrogen-bond acceptors (Lipinski definition) is 3. The number of benzene rings is 1. The van der Waals surface area contributed by atoms with Gasteiger partial charge < -0.3 is 5.32 Å². The number of rotatable bonds is 5. The molecular formula is C20H24N4. The minimum absolute atomic E-state index is 0.286. The fourth-order valence-corrected chi connectivity index (χ4v) is 3.94. The van der Waals surface area contributed by atoms with Crippen LogP contribution < -0.4 is 5.32 Å². The van der Waals surface area contributed by atoms with Crippen LogP contribution in [0.25, 0.3) is 5.65 Å². The van der Waals surface area contributed by atoms with Crippen LogP contribution >= 0.6 is 0 Å². The molecule has 0 amide bonds. The second-order valence-corrected chi connectivity index (χ2v) is 7.32. The summed E-state index contributed by atoms with van der Waals surface area (Å²) in [6.45, 7) is 5.68. The number of nitrogens with one attached hydrogen (secondary N) is 1. The quantitative estimate of drug-likeness (QED) is 0.783. The van der Waals surface area contributed by atoms with E-state index in [1.807, 2.05) is 24.4 Å². The fraction of sp³-hybridized carbons (Fsp3) is 0.400. The SMILES string of the molecule is CC1(C)C(NCCc2nnc3ccccn23)CC1c1ccccc1. The van der Waals surface area contributed by atoms with Crippen molar-refractivity contribution in [3.8, 4) is 0 Å². The Morgan fingerprint density at radius 3 is 2.67 bits per heavy atom. The van der Waals surface area contributed by atoms with Crippen molar-refractivity contribution in [1.29, 1.82) is 0 Å². The van der Waals surface area contributed by atoms with E-state index in [1.165, 1.54) is 12.0 Å². The van der Waals surface area contributed by atoms with Crippen molar-refractivity contribution in [2.75, 3.05) is 6.54 Å². The first kappa shape index (κ1) is 15.3. The van der Waals surface area contributed by atoms with E-state index in [-0.39, 0.29) is 5.41 Å². The van der Waals surface area contributed by atoms with Gasteiger partial charge in [0.15, 0.2) is 5.65 Å². The molecule has 4 nitrogen and oxygen atoms in total. The number of nitrogens with zero attached hydrogens (tertiary/aromatic N) is 3. The lowest BCUT2D eigenvalue weighted by Crippen LogP contribution is -2.55. The summed E-state index contributed by atoms with van der Waals surface area (Å²) in [5, 5.41) is 12.3. The minimum atomic E-state index is 0.286. The predicted octanol–water partition coefficient (Wildman–Crippen LogP) is 3.44. The molecule has 0 radical (unpaired) electrons. The van der Waals surface area contributed by atoms with Crippen LogP contribution in [-0.2, 0) is 6.42 Å². The monoisotopic (exact) mass is 320 g/mol. The van der Waals surface area contributed by atoms with Gasteiger partial charge in [-0.2, -0.15) is 0 Å². The van der Waals surface area contributed by atoms with Crippen molar-refractivity contribution in [3.63, 3.8) is 0 Å². The molecule has 2 aromatic heterocycles. The maximum Gasteiger partial charge on any atom is 0.160 e. The largest absolute Gasteiger partial charge is 0.313 e. The lowest BCUT2D eigenvalue weighted by molar-refractivity contribution is 0.0696. The van der Waals surface area contributed by atoms with Crippen molar-refractivity contribution in [2.24, 2.45) is 5.41 Å². The lowest BCUT2D eigenvalue weighted by Gasteiger charge is -2.53. The van der Waals surface area contributed by atoms with Gasteiger partial charge in [-0.1, -0.05) is 50.2 Å². The zero-order valence-electron chi connectivity index (χ0n) is 14.3. The Balaban J connectivity index is 1.36. The van der Waals surface area contributed by atoms with Gasteiger partial charge in [-0.05, 0) is 35.4 Å². The molecule has 2 atom stereocenters. The third-order valence-corrected chi connectivity index (χ3v) is 5.59. The highest BCUT2D eigenvalue weighted by Crippen LogP contribution is 2.52. The fourth-order valence-electron chi connectivity index (χ4n) is 3.94. The van der Waals surface area contributed by atoms with Crippen molar-refractivity contribution in [2.45, 2.75) is 38.6 Å². The molecule has 1 saturated carbocycles. The molecule has 2 unspecified atom stereocenters. The third kappa shape index (κ3) is 2.61. The van der Waals surface area contributed by atoms with Gasteiger partial charge in [0.25, 0.3) is 0 Å². The van der Waals surface area contributed by atoms with Gasteiger partial charge in [-0.15, -0.1) is 10.2 Å². The van der Waals surface area contributed by atoms with Crippen LogP contribution in [0.15, 0.2) is 54.7 Å². The zero-order valence-corrected chi connectivity index (χ0v) is 14.3. The molecule has 1 aliphatic rings. The summed E-state index contributed by atoms with van der Waals surface area (Å²) in [5.41, 5.74) is 2.67. The lowest BCUT2D eigenvalue weighted by atomic mass is 9.56. The molecule has 0 spiro atoms. The molecule has 4 heteroatoms. The Labute approximate surface area is 142 Å². The molecule has 0 bridgehead atoms. The Morgan fingerprint density at radius 2 is 1.88 bits per heavy atom. The summed E-state index contributed by atoms with van der Waals surface area (Å²) >= 11 is 0. The molecular weight excluding hydrogens is 296 g/mol. The zero-order chi connectivity index (χ0) is 16.6. The molecule has 3 aromatic rings. The van der Waals surface area contributed by atoms with Crippen LogP contribution in [0.4, 0.5) is 0 Å². The molecule has 0 aliphatic heterocycles. The van der Waals surface area contributed by atoms with E-state index in [0.29, 0.717) is 12.0 Å². The van der Waals surface area contributed by atoms with Gasteiger partial charge in [0.1, 0.15) is 5.82 Å². The van der Waals surface area contributed by atoms with Gasteiger partial charge in [0, 0.05) is 25.2 Å². The smallest absolute Gasteiger partial charge is 0.160 e. The molecule has 1 aliphatic carbocycles. The second-order valence-electron chi connectivity index (χ2n) is 7.32. The van der Waals surface area contributed by atoms with Gasteiger partial charge >= 0.3 is 0 Å². The van der Waals surface area contributed by atoms with Gasteiger partial charge in [0.05, 0.1) is 0 Å². The molecule has 0 saturated heterocycles. The number of aromatic nitrogens is 3. The Hall–Kier alpha value is -2.20. The Bertz CT molecular complexity index is 822. The van der Waals surface area contributed by atoms with E-state index in [2.05, 4.69) is 64.1 Å².